The molecule has 130 valence electrons. The quantitative estimate of drug-likeness (QED) is 0.866. The summed E-state index contributed by atoms with van der Waals surface area (Å²) in [6.45, 7) is 3.04. The van der Waals surface area contributed by atoms with Gasteiger partial charge in [0.05, 0.1) is 0 Å². The van der Waals surface area contributed by atoms with E-state index >= 15 is 0 Å². The Labute approximate surface area is 149 Å². The second-order valence-corrected chi connectivity index (χ2v) is 6.91. The molecule has 2 heterocycles. The van der Waals surface area contributed by atoms with Gasteiger partial charge in [-0.05, 0) is 68.0 Å². The van der Waals surface area contributed by atoms with Crippen molar-refractivity contribution in [1.82, 2.24) is 0 Å². The van der Waals surface area contributed by atoms with Crippen LogP contribution in [-0.2, 0) is 6.42 Å². The van der Waals surface area contributed by atoms with Crippen LogP contribution in [0.4, 0.5) is 21.9 Å². The number of fused-ring (bicyclic) bond motifs is 1. The number of para-hydroxylation sites is 1. The molecule has 0 radical (unpaired) electrons. The first kappa shape index (κ1) is 16.0. The Bertz CT molecular complexity index is 735. The first-order valence-corrected chi connectivity index (χ1v) is 9.33. The van der Waals surface area contributed by atoms with Gasteiger partial charge in [0.2, 0.25) is 0 Å². The number of benzene rings is 2. The smallest absolute Gasteiger partial charge is 0.326 e. The van der Waals surface area contributed by atoms with E-state index in [9.17, 15) is 4.79 Å². The standard InChI is InChI=1S/C21H25N3O/c25-21(24-16-6-8-17-7-2-3-9-20(17)24)22-18-10-12-19(13-11-18)23-14-4-1-5-15-23/h2-3,7,9-13H,1,4-6,8,14-16H2,(H,22,25). The Kier molecular flexibility index (Phi) is 4.59. The van der Waals surface area contributed by atoms with E-state index < -0.39 is 0 Å². The molecule has 2 aliphatic rings. The Hall–Kier alpha value is -2.49. The van der Waals surface area contributed by atoms with Crippen LogP contribution >= 0.6 is 0 Å². The van der Waals surface area contributed by atoms with Crippen molar-refractivity contribution in [2.45, 2.75) is 32.1 Å². The summed E-state index contributed by atoms with van der Waals surface area (Å²) in [5.74, 6) is 0. The first-order valence-electron chi connectivity index (χ1n) is 9.33. The van der Waals surface area contributed by atoms with E-state index in [4.69, 9.17) is 0 Å². The third-order valence-corrected chi connectivity index (χ3v) is 5.20. The van der Waals surface area contributed by atoms with Crippen LogP contribution in [0.2, 0.25) is 0 Å². The lowest BCUT2D eigenvalue weighted by Gasteiger charge is -2.30. The van der Waals surface area contributed by atoms with Crippen molar-refractivity contribution in [2.75, 3.05) is 34.8 Å². The molecular weight excluding hydrogens is 310 g/mol. The monoisotopic (exact) mass is 335 g/mol. The first-order chi connectivity index (χ1) is 12.3. The molecule has 0 aliphatic carbocycles. The van der Waals surface area contributed by atoms with Crippen molar-refractivity contribution in [3.63, 3.8) is 0 Å². The van der Waals surface area contributed by atoms with Crippen LogP contribution in [0.5, 0.6) is 0 Å². The zero-order valence-electron chi connectivity index (χ0n) is 14.6. The molecular formula is C21H25N3O. The third kappa shape index (κ3) is 3.48. The lowest BCUT2D eigenvalue weighted by Crippen LogP contribution is -2.38. The average molecular weight is 335 g/mol. The molecule has 2 aromatic rings. The maximum Gasteiger partial charge on any atom is 0.326 e. The molecule has 1 N–H and O–H groups in total. The maximum absolute atomic E-state index is 12.7. The van der Waals surface area contributed by atoms with Crippen LogP contribution in [0.3, 0.4) is 0 Å². The number of nitrogens with one attached hydrogen (secondary N) is 1. The highest BCUT2D eigenvalue weighted by molar-refractivity contribution is 6.02. The molecule has 0 unspecified atom stereocenters. The van der Waals surface area contributed by atoms with Crippen molar-refractivity contribution >= 4 is 23.1 Å². The van der Waals surface area contributed by atoms with Gasteiger partial charge in [-0.1, -0.05) is 18.2 Å². The third-order valence-electron chi connectivity index (χ3n) is 5.20. The van der Waals surface area contributed by atoms with E-state index in [1.54, 1.807) is 0 Å². The van der Waals surface area contributed by atoms with Gasteiger partial charge >= 0.3 is 6.03 Å². The van der Waals surface area contributed by atoms with Crippen LogP contribution in [0.15, 0.2) is 48.5 Å². The number of anilines is 3. The summed E-state index contributed by atoms with van der Waals surface area (Å²) in [7, 11) is 0. The summed E-state index contributed by atoms with van der Waals surface area (Å²) in [5.41, 5.74) is 4.40. The second kappa shape index (κ2) is 7.18. The highest BCUT2D eigenvalue weighted by atomic mass is 16.2. The van der Waals surface area contributed by atoms with Gasteiger partial charge in [0.25, 0.3) is 0 Å². The minimum Gasteiger partial charge on any atom is -0.372 e. The van der Waals surface area contributed by atoms with Crippen LogP contribution in [0.25, 0.3) is 0 Å². The highest BCUT2D eigenvalue weighted by Crippen LogP contribution is 2.28. The summed E-state index contributed by atoms with van der Waals surface area (Å²) in [5, 5.41) is 3.05. The van der Waals surface area contributed by atoms with Gasteiger partial charge < -0.3 is 10.2 Å². The minimum atomic E-state index is -0.0436. The van der Waals surface area contributed by atoms with E-state index in [2.05, 4.69) is 28.4 Å². The molecule has 2 aliphatic heterocycles. The predicted octanol–water partition coefficient (Wildman–Crippen LogP) is 4.66. The summed E-state index contributed by atoms with van der Waals surface area (Å²) in [6.07, 6.45) is 5.93. The van der Waals surface area contributed by atoms with Crippen LogP contribution in [0, 0.1) is 0 Å². The van der Waals surface area contributed by atoms with Crippen molar-refractivity contribution in [1.29, 1.82) is 0 Å². The Morgan fingerprint density at radius 2 is 1.60 bits per heavy atom. The predicted molar refractivity (Wildman–Crippen MR) is 104 cm³/mol. The molecule has 4 rings (SSSR count). The molecule has 4 nitrogen and oxygen atoms in total. The topological polar surface area (TPSA) is 35.6 Å². The molecule has 4 heteroatoms. The van der Waals surface area contributed by atoms with Crippen molar-refractivity contribution in [2.24, 2.45) is 0 Å². The second-order valence-electron chi connectivity index (χ2n) is 6.91. The SMILES string of the molecule is O=C(Nc1ccc(N2CCCCC2)cc1)N1CCCc2ccccc21. The van der Waals surface area contributed by atoms with E-state index in [0.29, 0.717) is 0 Å². The molecule has 0 bridgehead atoms. The number of aryl methyl sites for hydroxylation is 1. The number of amides is 2. The molecule has 25 heavy (non-hydrogen) atoms. The normalized spacial score (nSPS) is 17.1. The highest BCUT2D eigenvalue weighted by Gasteiger charge is 2.22. The molecule has 1 fully saturated rings. The fourth-order valence-corrected chi connectivity index (χ4v) is 3.84. The van der Waals surface area contributed by atoms with Crippen LogP contribution < -0.4 is 15.1 Å². The Balaban J connectivity index is 1.44. The van der Waals surface area contributed by atoms with E-state index in [1.165, 1.54) is 30.5 Å². The van der Waals surface area contributed by atoms with Crippen molar-refractivity contribution in [3.05, 3.63) is 54.1 Å². The zero-order chi connectivity index (χ0) is 17.1. The molecule has 0 saturated carbocycles. The van der Waals surface area contributed by atoms with Gasteiger partial charge in [-0.2, -0.15) is 0 Å². The molecule has 0 spiro atoms. The van der Waals surface area contributed by atoms with Crippen molar-refractivity contribution in [3.8, 4) is 0 Å². The van der Waals surface area contributed by atoms with Crippen molar-refractivity contribution < 1.29 is 4.79 Å². The van der Waals surface area contributed by atoms with Crippen LogP contribution in [-0.4, -0.2) is 25.7 Å². The van der Waals surface area contributed by atoms with Gasteiger partial charge in [0.1, 0.15) is 0 Å². The van der Waals surface area contributed by atoms with Crippen LogP contribution in [0.1, 0.15) is 31.2 Å². The Morgan fingerprint density at radius 1 is 0.840 bits per heavy atom. The molecule has 2 aromatic carbocycles. The molecule has 0 atom stereocenters. The molecule has 0 aromatic heterocycles. The largest absolute Gasteiger partial charge is 0.372 e. The summed E-state index contributed by atoms with van der Waals surface area (Å²) in [6, 6.07) is 16.4. The van der Waals surface area contributed by atoms with Gasteiger partial charge in [-0.15, -0.1) is 0 Å². The average Bonchev–Trinajstić information content (AvgIpc) is 2.69. The number of urea groups is 1. The molecule has 1 saturated heterocycles. The van der Waals surface area contributed by atoms with Gasteiger partial charge in [-0.25, -0.2) is 4.79 Å². The summed E-state index contributed by atoms with van der Waals surface area (Å²) in [4.78, 5) is 17.0. The fourth-order valence-electron chi connectivity index (χ4n) is 3.84. The van der Waals surface area contributed by atoms with E-state index in [-0.39, 0.29) is 6.03 Å². The number of nitrogens with zero attached hydrogens (tertiary/aromatic N) is 2. The number of carbonyl (C=O) groups excluding carboxylic acids is 1. The number of hydrogen-bond donors (Lipinski definition) is 1. The maximum atomic E-state index is 12.7. The number of rotatable bonds is 2. The van der Waals surface area contributed by atoms with Gasteiger partial charge in [0, 0.05) is 36.7 Å². The fraction of sp³-hybridized carbons (Fsp3) is 0.381. The molecule has 2 amide bonds. The summed E-state index contributed by atoms with van der Waals surface area (Å²) >= 11 is 0. The Morgan fingerprint density at radius 3 is 2.40 bits per heavy atom. The lowest BCUT2D eigenvalue weighted by atomic mass is 10.0. The van der Waals surface area contributed by atoms with Gasteiger partial charge in [-0.3, -0.25) is 4.90 Å². The zero-order valence-corrected chi connectivity index (χ0v) is 14.6. The number of carbonyl (C=O) groups is 1. The van der Waals surface area contributed by atoms with E-state index in [1.807, 2.05) is 35.2 Å². The number of hydrogen-bond acceptors (Lipinski definition) is 2. The van der Waals surface area contributed by atoms with Gasteiger partial charge in [0.15, 0.2) is 0 Å². The minimum absolute atomic E-state index is 0.0436. The number of piperidine rings is 1. The summed E-state index contributed by atoms with van der Waals surface area (Å²) < 4.78 is 0. The lowest BCUT2D eigenvalue weighted by molar-refractivity contribution is 0.256. The van der Waals surface area contributed by atoms with E-state index in [0.717, 1.165) is 43.9 Å².